The highest BCUT2D eigenvalue weighted by Crippen LogP contribution is 2.20. The SMILES string of the molecule is O=C(CCBr)OC[C@H]1CCC[NH+]2CCCC[C@@H]12. The van der Waals surface area contributed by atoms with Gasteiger partial charge in [0.15, 0.2) is 0 Å². The lowest BCUT2D eigenvalue weighted by molar-refractivity contribution is -0.940. The topological polar surface area (TPSA) is 30.7 Å². The van der Waals surface area contributed by atoms with E-state index in [0.29, 0.717) is 24.3 Å². The van der Waals surface area contributed by atoms with Crippen molar-refractivity contribution in [2.75, 3.05) is 25.0 Å². The second-order valence-corrected chi connectivity index (χ2v) is 6.08. The maximum Gasteiger partial charge on any atom is 0.306 e. The zero-order valence-corrected chi connectivity index (χ0v) is 12.0. The Bertz CT molecular complexity index is 258. The van der Waals surface area contributed by atoms with Gasteiger partial charge < -0.3 is 9.64 Å². The molecule has 3 nitrogen and oxygen atoms in total. The van der Waals surface area contributed by atoms with E-state index in [1.165, 1.54) is 45.2 Å². The first-order valence-electron chi connectivity index (χ1n) is 6.87. The van der Waals surface area contributed by atoms with E-state index in [1.807, 2.05) is 0 Å². The first-order chi connectivity index (χ1) is 8.31. The zero-order chi connectivity index (χ0) is 12.1. The van der Waals surface area contributed by atoms with E-state index >= 15 is 0 Å². The fourth-order valence-electron chi connectivity index (χ4n) is 3.33. The zero-order valence-electron chi connectivity index (χ0n) is 10.4. The number of esters is 1. The van der Waals surface area contributed by atoms with Gasteiger partial charge in [0.1, 0.15) is 0 Å². The molecule has 17 heavy (non-hydrogen) atoms. The van der Waals surface area contributed by atoms with Gasteiger partial charge in [-0.3, -0.25) is 4.79 Å². The number of piperidine rings is 2. The van der Waals surface area contributed by atoms with E-state index in [9.17, 15) is 4.79 Å². The van der Waals surface area contributed by atoms with Crippen molar-refractivity contribution in [1.29, 1.82) is 0 Å². The van der Waals surface area contributed by atoms with Crippen LogP contribution in [0, 0.1) is 5.92 Å². The number of carbonyl (C=O) groups excluding carboxylic acids is 1. The van der Waals surface area contributed by atoms with Crippen molar-refractivity contribution in [3.05, 3.63) is 0 Å². The summed E-state index contributed by atoms with van der Waals surface area (Å²) >= 11 is 3.27. The Balaban J connectivity index is 1.80. The molecule has 2 saturated heterocycles. The van der Waals surface area contributed by atoms with Crippen LogP contribution in [0.15, 0.2) is 0 Å². The molecule has 3 atom stereocenters. The van der Waals surface area contributed by atoms with Gasteiger partial charge in [0.05, 0.1) is 32.2 Å². The van der Waals surface area contributed by atoms with Crippen molar-refractivity contribution in [3.63, 3.8) is 0 Å². The summed E-state index contributed by atoms with van der Waals surface area (Å²) in [6.45, 7) is 3.31. The summed E-state index contributed by atoms with van der Waals surface area (Å²) in [6, 6.07) is 0.759. The van der Waals surface area contributed by atoms with Gasteiger partial charge in [-0.25, -0.2) is 0 Å². The number of fused-ring (bicyclic) bond motifs is 1. The predicted molar refractivity (Wildman–Crippen MR) is 70.4 cm³/mol. The lowest BCUT2D eigenvalue weighted by Crippen LogP contribution is -3.18. The second-order valence-electron chi connectivity index (χ2n) is 5.28. The molecule has 1 N–H and O–H groups in total. The standard InChI is InChI=1S/C13H22BrNO2/c14-7-6-13(16)17-10-11-4-3-9-15-8-2-1-5-12(11)15/h11-12H,1-10H2/p+1/t11-,12+/m1/s1. The number of quaternary nitrogens is 1. The van der Waals surface area contributed by atoms with Gasteiger partial charge >= 0.3 is 5.97 Å². The van der Waals surface area contributed by atoms with Crippen LogP contribution >= 0.6 is 15.9 Å². The van der Waals surface area contributed by atoms with E-state index in [4.69, 9.17) is 4.74 Å². The van der Waals surface area contributed by atoms with E-state index < -0.39 is 0 Å². The third kappa shape index (κ3) is 3.68. The number of halogens is 1. The number of rotatable bonds is 4. The van der Waals surface area contributed by atoms with E-state index in [-0.39, 0.29) is 5.97 Å². The fraction of sp³-hybridized carbons (Fsp3) is 0.923. The number of hydrogen-bond donors (Lipinski definition) is 1. The van der Waals surface area contributed by atoms with Gasteiger partial charge in [-0.2, -0.15) is 0 Å². The molecule has 0 amide bonds. The average Bonchev–Trinajstić information content (AvgIpc) is 2.36. The van der Waals surface area contributed by atoms with Crippen LogP contribution in [0.1, 0.15) is 38.5 Å². The number of ether oxygens (including phenoxy) is 1. The molecular formula is C13H23BrNO2+. The molecule has 0 spiro atoms. The summed E-state index contributed by atoms with van der Waals surface area (Å²) in [5, 5.41) is 0.706. The Kier molecular flexibility index (Phi) is 5.29. The van der Waals surface area contributed by atoms with Crippen LogP contribution < -0.4 is 4.90 Å². The Morgan fingerprint density at radius 3 is 2.88 bits per heavy atom. The molecule has 0 aromatic heterocycles. The van der Waals surface area contributed by atoms with Crippen molar-refractivity contribution in [3.8, 4) is 0 Å². The van der Waals surface area contributed by atoms with Crippen LogP contribution in [0.4, 0.5) is 0 Å². The summed E-state index contributed by atoms with van der Waals surface area (Å²) in [6.07, 6.45) is 7.11. The van der Waals surface area contributed by atoms with Crippen molar-refractivity contribution < 1.29 is 14.4 Å². The summed E-state index contributed by atoms with van der Waals surface area (Å²) in [7, 11) is 0. The van der Waals surface area contributed by atoms with Crippen LogP contribution in [0.5, 0.6) is 0 Å². The van der Waals surface area contributed by atoms with Crippen molar-refractivity contribution in [1.82, 2.24) is 0 Å². The molecule has 98 valence electrons. The molecule has 0 radical (unpaired) electrons. The lowest BCUT2D eigenvalue weighted by Gasteiger charge is -2.40. The molecule has 0 saturated carbocycles. The Hall–Kier alpha value is -0.0900. The maximum atomic E-state index is 11.4. The summed E-state index contributed by atoms with van der Waals surface area (Å²) in [4.78, 5) is 13.2. The minimum atomic E-state index is -0.0511. The van der Waals surface area contributed by atoms with Gasteiger partial charge in [0.2, 0.25) is 0 Å². The van der Waals surface area contributed by atoms with E-state index in [1.54, 1.807) is 4.90 Å². The van der Waals surface area contributed by atoms with Gasteiger partial charge in [-0.1, -0.05) is 15.9 Å². The van der Waals surface area contributed by atoms with E-state index in [0.717, 1.165) is 6.04 Å². The molecule has 1 unspecified atom stereocenters. The third-order valence-corrected chi connectivity index (χ3v) is 4.58. The molecule has 0 aliphatic carbocycles. The molecular weight excluding hydrogens is 282 g/mol. The van der Waals surface area contributed by atoms with Crippen molar-refractivity contribution >= 4 is 21.9 Å². The number of hydrogen-bond acceptors (Lipinski definition) is 2. The first kappa shape index (κ1) is 13.3. The van der Waals surface area contributed by atoms with Crippen LogP contribution in [-0.4, -0.2) is 37.0 Å². The average molecular weight is 305 g/mol. The molecule has 0 aromatic carbocycles. The normalized spacial score (nSPS) is 32.9. The van der Waals surface area contributed by atoms with Gasteiger partial charge in [-0.15, -0.1) is 0 Å². The fourth-order valence-corrected chi connectivity index (χ4v) is 3.65. The largest absolute Gasteiger partial charge is 0.465 e. The molecule has 2 aliphatic rings. The molecule has 2 aliphatic heterocycles. The number of nitrogens with one attached hydrogen (secondary N) is 1. The highest BCUT2D eigenvalue weighted by Gasteiger charge is 2.36. The number of alkyl halides is 1. The third-order valence-electron chi connectivity index (χ3n) is 4.19. The Morgan fingerprint density at radius 2 is 2.06 bits per heavy atom. The molecule has 2 fully saturated rings. The predicted octanol–water partition coefficient (Wildman–Crippen LogP) is 1.16. The quantitative estimate of drug-likeness (QED) is 0.624. The highest BCUT2D eigenvalue weighted by atomic mass is 79.9. The number of carbonyl (C=O) groups is 1. The monoisotopic (exact) mass is 304 g/mol. The smallest absolute Gasteiger partial charge is 0.306 e. The molecule has 0 aromatic rings. The van der Waals surface area contributed by atoms with Gasteiger partial charge in [0, 0.05) is 11.2 Å². The maximum absolute atomic E-state index is 11.4. The Labute approximate surface area is 112 Å². The summed E-state index contributed by atoms with van der Waals surface area (Å²) in [5.74, 6) is 0.558. The van der Waals surface area contributed by atoms with Crippen molar-refractivity contribution in [2.24, 2.45) is 5.92 Å². The van der Waals surface area contributed by atoms with E-state index in [2.05, 4.69) is 15.9 Å². The van der Waals surface area contributed by atoms with Gasteiger partial charge in [0.25, 0.3) is 0 Å². The summed E-state index contributed by atoms with van der Waals surface area (Å²) in [5.41, 5.74) is 0. The molecule has 4 heteroatoms. The van der Waals surface area contributed by atoms with Crippen molar-refractivity contribution in [2.45, 2.75) is 44.6 Å². The van der Waals surface area contributed by atoms with Crippen LogP contribution in [0.25, 0.3) is 0 Å². The second kappa shape index (κ2) is 6.74. The first-order valence-corrected chi connectivity index (χ1v) is 7.99. The summed E-state index contributed by atoms with van der Waals surface area (Å²) < 4.78 is 5.39. The lowest BCUT2D eigenvalue weighted by atomic mass is 9.84. The minimum Gasteiger partial charge on any atom is -0.465 e. The molecule has 0 bridgehead atoms. The Morgan fingerprint density at radius 1 is 1.24 bits per heavy atom. The highest BCUT2D eigenvalue weighted by molar-refractivity contribution is 9.09. The minimum absolute atomic E-state index is 0.0511. The molecule has 2 heterocycles. The van der Waals surface area contributed by atoms with Crippen LogP contribution in [0.2, 0.25) is 0 Å². The van der Waals surface area contributed by atoms with Crippen LogP contribution in [0.3, 0.4) is 0 Å². The van der Waals surface area contributed by atoms with Gasteiger partial charge in [-0.05, 0) is 32.1 Å². The molecule has 2 rings (SSSR count). The van der Waals surface area contributed by atoms with Crippen LogP contribution in [-0.2, 0) is 9.53 Å².